The van der Waals surface area contributed by atoms with Gasteiger partial charge >= 0.3 is 17.9 Å². The third kappa shape index (κ3) is 60.3. The van der Waals surface area contributed by atoms with Crippen LogP contribution in [0.15, 0.2) is 134 Å². The van der Waals surface area contributed by atoms with Crippen LogP contribution in [0, 0.1) is 0 Å². The zero-order chi connectivity index (χ0) is 54.3. The maximum absolute atomic E-state index is 12.8. The predicted molar refractivity (Wildman–Crippen MR) is 325 cm³/mol. The van der Waals surface area contributed by atoms with Crippen molar-refractivity contribution in [2.24, 2.45) is 0 Å². The van der Waals surface area contributed by atoms with E-state index in [1.165, 1.54) is 83.5 Å². The van der Waals surface area contributed by atoms with E-state index in [9.17, 15) is 14.4 Å². The highest BCUT2D eigenvalue weighted by Gasteiger charge is 2.19. The Morgan fingerprint density at radius 1 is 0.280 bits per heavy atom. The number of hydrogen-bond donors (Lipinski definition) is 0. The van der Waals surface area contributed by atoms with E-state index in [0.29, 0.717) is 19.3 Å². The average molecular weight is 1040 g/mol. The van der Waals surface area contributed by atoms with E-state index in [1.807, 2.05) is 0 Å². The van der Waals surface area contributed by atoms with Crippen molar-refractivity contribution in [1.82, 2.24) is 0 Å². The zero-order valence-corrected chi connectivity index (χ0v) is 48.5. The fraction of sp³-hybridized carbons (Fsp3) is 0.638. The molecule has 6 nitrogen and oxygen atoms in total. The van der Waals surface area contributed by atoms with Crippen molar-refractivity contribution in [3.05, 3.63) is 134 Å². The van der Waals surface area contributed by atoms with E-state index < -0.39 is 6.10 Å². The maximum Gasteiger partial charge on any atom is 0.306 e. The molecule has 0 aliphatic rings. The second kappa shape index (κ2) is 62.1. The van der Waals surface area contributed by atoms with Crippen molar-refractivity contribution in [2.75, 3.05) is 13.2 Å². The first-order valence-corrected chi connectivity index (χ1v) is 30.7. The summed E-state index contributed by atoms with van der Waals surface area (Å²) in [6.45, 7) is 6.35. The summed E-state index contributed by atoms with van der Waals surface area (Å²) in [5.41, 5.74) is 0. The molecule has 0 radical (unpaired) electrons. The molecule has 0 aromatic heterocycles. The Bertz CT molecular complexity index is 1620. The number of ether oxygens (including phenoxy) is 3. The number of rotatable bonds is 54. The van der Waals surface area contributed by atoms with Gasteiger partial charge in [-0.3, -0.25) is 14.4 Å². The van der Waals surface area contributed by atoms with Crippen molar-refractivity contribution >= 4 is 17.9 Å². The second-order valence-corrected chi connectivity index (χ2v) is 19.9. The number of carbonyl (C=O) groups is 3. The van der Waals surface area contributed by atoms with E-state index in [1.54, 1.807) is 0 Å². The van der Waals surface area contributed by atoms with E-state index in [4.69, 9.17) is 14.2 Å². The SMILES string of the molecule is CC/C=C\C/C=C\C/C=C\C/C=C\C/C=C\C/C=C\C/C=C\C/C=C\CCCCCCCCCCC(=O)OCC(COC(=O)CCCCCCCCC)OC(=O)CCCCCCCCC/C=C\C/C=C\C/C=C\CC. The van der Waals surface area contributed by atoms with Gasteiger partial charge in [0.1, 0.15) is 13.2 Å². The Kier molecular flexibility index (Phi) is 58.4. The summed E-state index contributed by atoms with van der Waals surface area (Å²) < 4.78 is 16.8. The third-order valence-corrected chi connectivity index (χ3v) is 12.7. The standard InChI is InChI=1S/C69H112O6/c1-4-7-10-13-16-18-20-22-24-26-27-28-29-30-31-32-33-34-35-36-37-38-39-40-41-43-44-46-48-50-53-56-59-62-68(71)74-65-66(64-73-67(70)61-58-55-52-15-12-9-6-3)75-69(72)63-60-57-54-51-49-47-45-42-25-23-21-19-17-14-11-8-5-2/h7-8,10-11,16-19,22-25,27-28,30-31,33-34,36-37,39-40,66H,4-6,9,12-15,20-21,26,29,32,35,38,41-65H2,1-3H3/b10-7-,11-8-,18-16-,19-17-,24-22-,25-23-,28-27-,31-30-,34-33-,37-36-,40-39-. The van der Waals surface area contributed by atoms with Crippen LogP contribution in [0.25, 0.3) is 0 Å². The molecule has 0 N–H and O–H groups in total. The smallest absolute Gasteiger partial charge is 0.306 e. The highest BCUT2D eigenvalue weighted by atomic mass is 16.6. The van der Waals surface area contributed by atoms with E-state index in [-0.39, 0.29) is 31.1 Å². The van der Waals surface area contributed by atoms with Gasteiger partial charge in [0.2, 0.25) is 0 Å². The summed E-state index contributed by atoms with van der Waals surface area (Å²) >= 11 is 0. The van der Waals surface area contributed by atoms with E-state index in [0.717, 1.165) is 141 Å². The first-order chi connectivity index (χ1) is 37.0. The molecule has 0 bridgehead atoms. The molecule has 0 aliphatic carbocycles. The molecule has 424 valence electrons. The minimum absolute atomic E-state index is 0.0865. The number of esters is 3. The summed E-state index contributed by atoms with van der Waals surface area (Å²) in [5, 5.41) is 0. The summed E-state index contributed by atoms with van der Waals surface area (Å²) in [7, 11) is 0. The molecule has 0 spiro atoms. The van der Waals surface area contributed by atoms with Gasteiger partial charge in [0, 0.05) is 19.3 Å². The molecule has 0 rings (SSSR count). The minimum Gasteiger partial charge on any atom is -0.462 e. The Hall–Kier alpha value is -4.45. The van der Waals surface area contributed by atoms with Crippen LogP contribution in [-0.4, -0.2) is 37.2 Å². The monoisotopic (exact) mass is 1040 g/mol. The van der Waals surface area contributed by atoms with Crippen LogP contribution in [0.4, 0.5) is 0 Å². The van der Waals surface area contributed by atoms with E-state index >= 15 is 0 Å². The normalized spacial score (nSPS) is 13.1. The Morgan fingerprint density at radius 2 is 0.520 bits per heavy atom. The fourth-order valence-electron chi connectivity index (χ4n) is 8.12. The second-order valence-electron chi connectivity index (χ2n) is 19.9. The highest BCUT2D eigenvalue weighted by molar-refractivity contribution is 5.71. The molecule has 1 unspecified atom stereocenters. The topological polar surface area (TPSA) is 78.9 Å². The minimum atomic E-state index is -0.788. The van der Waals surface area contributed by atoms with Crippen LogP contribution in [0.1, 0.15) is 265 Å². The molecule has 0 saturated carbocycles. The van der Waals surface area contributed by atoms with Crippen LogP contribution in [0.3, 0.4) is 0 Å². The fourth-order valence-corrected chi connectivity index (χ4v) is 8.12. The predicted octanol–water partition coefficient (Wildman–Crippen LogP) is 21.0. The van der Waals surface area contributed by atoms with Crippen LogP contribution in [0.2, 0.25) is 0 Å². The largest absolute Gasteiger partial charge is 0.462 e. The highest BCUT2D eigenvalue weighted by Crippen LogP contribution is 2.15. The van der Waals surface area contributed by atoms with Crippen molar-refractivity contribution in [3.8, 4) is 0 Å². The van der Waals surface area contributed by atoms with Gasteiger partial charge in [-0.25, -0.2) is 0 Å². The number of hydrogen-bond acceptors (Lipinski definition) is 6. The van der Waals surface area contributed by atoms with Gasteiger partial charge in [0.15, 0.2) is 6.10 Å². The molecule has 0 aromatic rings. The maximum atomic E-state index is 12.8. The summed E-state index contributed by atoms with van der Waals surface area (Å²) in [4.78, 5) is 38.0. The zero-order valence-electron chi connectivity index (χ0n) is 48.5. The third-order valence-electron chi connectivity index (χ3n) is 12.7. The van der Waals surface area contributed by atoms with Crippen molar-refractivity contribution in [2.45, 2.75) is 271 Å². The molecule has 0 aliphatic heterocycles. The Labute approximate surface area is 462 Å². The summed E-state index contributed by atoms with van der Waals surface area (Å²) in [6.07, 6.45) is 87.6. The lowest BCUT2D eigenvalue weighted by Crippen LogP contribution is -2.30. The molecular weight excluding hydrogens is 925 g/mol. The number of carbonyl (C=O) groups excluding carboxylic acids is 3. The first kappa shape index (κ1) is 70.5. The summed E-state index contributed by atoms with van der Waals surface area (Å²) in [5.74, 6) is -0.913. The lowest BCUT2D eigenvalue weighted by molar-refractivity contribution is -0.167. The molecule has 75 heavy (non-hydrogen) atoms. The quantitative estimate of drug-likeness (QED) is 0.0261. The molecular formula is C69H112O6. The molecule has 0 fully saturated rings. The molecule has 6 heteroatoms. The molecule has 0 amide bonds. The molecule has 0 heterocycles. The van der Waals surface area contributed by atoms with Gasteiger partial charge in [-0.1, -0.05) is 264 Å². The van der Waals surface area contributed by atoms with Gasteiger partial charge in [-0.2, -0.15) is 0 Å². The molecule has 0 aromatic carbocycles. The van der Waals surface area contributed by atoms with Crippen molar-refractivity contribution in [3.63, 3.8) is 0 Å². The van der Waals surface area contributed by atoms with Crippen LogP contribution < -0.4 is 0 Å². The van der Waals surface area contributed by atoms with Gasteiger partial charge in [-0.05, 0) is 116 Å². The van der Waals surface area contributed by atoms with Crippen LogP contribution >= 0.6 is 0 Å². The summed E-state index contributed by atoms with van der Waals surface area (Å²) in [6, 6.07) is 0. The number of allylic oxidation sites excluding steroid dienone is 22. The number of unbranched alkanes of at least 4 members (excludes halogenated alkanes) is 21. The van der Waals surface area contributed by atoms with E-state index in [2.05, 4.69) is 154 Å². The van der Waals surface area contributed by atoms with Gasteiger partial charge in [0.25, 0.3) is 0 Å². The van der Waals surface area contributed by atoms with Crippen molar-refractivity contribution < 1.29 is 28.6 Å². The Morgan fingerprint density at radius 3 is 0.813 bits per heavy atom. The molecule has 0 saturated heterocycles. The average Bonchev–Trinajstić information content (AvgIpc) is 3.41. The lowest BCUT2D eigenvalue weighted by atomic mass is 10.1. The van der Waals surface area contributed by atoms with Gasteiger partial charge < -0.3 is 14.2 Å². The van der Waals surface area contributed by atoms with Crippen LogP contribution in [0.5, 0.6) is 0 Å². The molecule has 1 atom stereocenters. The first-order valence-electron chi connectivity index (χ1n) is 30.7. The van der Waals surface area contributed by atoms with Gasteiger partial charge in [0.05, 0.1) is 0 Å². The van der Waals surface area contributed by atoms with Gasteiger partial charge in [-0.15, -0.1) is 0 Å². The lowest BCUT2D eigenvalue weighted by Gasteiger charge is -2.18. The van der Waals surface area contributed by atoms with Crippen LogP contribution in [-0.2, 0) is 28.6 Å². The Balaban J connectivity index is 4.16. The van der Waals surface area contributed by atoms with Crippen molar-refractivity contribution in [1.29, 1.82) is 0 Å².